The van der Waals surface area contributed by atoms with Crippen LogP contribution in [0.3, 0.4) is 0 Å². The van der Waals surface area contributed by atoms with E-state index in [0.29, 0.717) is 27.5 Å². The fourth-order valence-electron chi connectivity index (χ4n) is 3.14. The predicted octanol–water partition coefficient (Wildman–Crippen LogP) is 4.44. The van der Waals surface area contributed by atoms with Gasteiger partial charge in [0.05, 0.1) is 30.1 Å². The first-order chi connectivity index (χ1) is 17.2. The highest BCUT2D eigenvalue weighted by Crippen LogP contribution is 2.31. The number of aliphatic hydroxyl groups excluding tert-OH is 1. The summed E-state index contributed by atoms with van der Waals surface area (Å²) < 4.78 is 40.4. The summed E-state index contributed by atoms with van der Waals surface area (Å²) >= 11 is 0. The molecule has 1 amide bonds. The molecule has 3 aromatic rings. The van der Waals surface area contributed by atoms with Gasteiger partial charge in [0.25, 0.3) is 0 Å². The summed E-state index contributed by atoms with van der Waals surface area (Å²) in [5.41, 5.74) is 1.65. The van der Waals surface area contributed by atoms with E-state index in [1.807, 2.05) is 0 Å². The van der Waals surface area contributed by atoms with Gasteiger partial charge in [-0.25, -0.2) is 18.4 Å². The third kappa shape index (κ3) is 6.67. The van der Waals surface area contributed by atoms with E-state index in [0.717, 1.165) is 0 Å². The minimum Gasteiger partial charge on any atom is -0.494 e. The minimum absolute atomic E-state index is 0.116. The number of anilines is 3. The molecule has 1 aromatic heterocycles. The van der Waals surface area contributed by atoms with Gasteiger partial charge in [-0.05, 0) is 55.8 Å². The molecular weight excluding hydrogens is 489 g/mol. The highest BCUT2D eigenvalue weighted by Gasteiger charge is 2.15. The minimum atomic E-state index is -2.97. The lowest BCUT2D eigenvalue weighted by Gasteiger charge is -2.17. The van der Waals surface area contributed by atoms with Gasteiger partial charge in [-0.1, -0.05) is 6.07 Å². The number of benzene rings is 2. The van der Waals surface area contributed by atoms with Crippen LogP contribution in [0.1, 0.15) is 13.8 Å². The zero-order chi connectivity index (χ0) is 26.3. The summed E-state index contributed by atoms with van der Waals surface area (Å²) in [5, 5.41) is 15.6. The first-order valence-electron chi connectivity index (χ1n) is 11.0. The van der Waals surface area contributed by atoms with Gasteiger partial charge in [-0.2, -0.15) is 4.98 Å². The number of hydrogen-bond acceptors (Lipinski definition) is 9. The molecule has 0 aliphatic rings. The van der Waals surface area contributed by atoms with E-state index in [2.05, 4.69) is 25.0 Å². The van der Waals surface area contributed by atoms with Crippen molar-refractivity contribution in [2.75, 3.05) is 37.2 Å². The monoisotopic (exact) mass is 517 g/mol. The van der Waals surface area contributed by atoms with Crippen LogP contribution in [-0.4, -0.2) is 58.0 Å². The molecule has 1 unspecified atom stereocenters. The molecule has 0 saturated heterocycles. The van der Waals surface area contributed by atoms with Crippen LogP contribution in [0.2, 0.25) is 0 Å². The van der Waals surface area contributed by atoms with Crippen molar-refractivity contribution in [3.05, 3.63) is 54.5 Å². The molecule has 3 N–H and O–H groups in total. The number of methoxy groups -OCH3 is 1. The molecule has 1 heterocycles. The van der Waals surface area contributed by atoms with Crippen molar-refractivity contribution < 1.29 is 28.0 Å². The molecule has 0 radical (unpaired) electrons. The second-order valence-electron chi connectivity index (χ2n) is 7.78. The molecule has 0 spiro atoms. The number of aromatic nitrogens is 2. The van der Waals surface area contributed by atoms with Crippen molar-refractivity contribution in [1.29, 1.82) is 0 Å². The summed E-state index contributed by atoms with van der Waals surface area (Å²) in [6.45, 7) is 3.41. The van der Waals surface area contributed by atoms with Crippen LogP contribution in [0.25, 0.3) is 11.1 Å². The molecule has 192 valence electrons. The molecule has 0 saturated carbocycles. The summed E-state index contributed by atoms with van der Waals surface area (Å²) in [6, 6.07) is 10.7. The van der Waals surface area contributed by atoms with E-state index in [4.69, 9.17) is 9.47 Å². The average molecular weight is 518 g/mol. The molecule has 0 aliphatic carbocycles. The molecule has 2 atom stereocenters. The number of carbonyl (C=O) groups is 1. The fraction of sp³-hybridized carbons (Fsp3) is 0.292. The Labute approximate surface area is 209 Å². The quantitative estimate of drug-likeness (QED) is 0.376. The lowest BCUT2D eigenvalue weighted by Crippen LogP contribution is -2.21. The molecule has 10 nitrogen and oxygen atoms in total. The van der Waals surface area contributed by atoms with E-state index in [1.165, 1.54) is 31.7 Å². The predicted molar refractivity (Wildman–Crippen MR) is 136 cm³/mol. The van der Waals surface area contributed by atoms with Crippen molar-refractivity contribution in [3.63, 3.8) is 0 Å². The Bertz CT molecular complexity index is 1340. The van der Waals surface area contributed by atoms with Gasteiger partial charge in [0.2, 0.25) is 5.95 Å². The maximum atomic E-state index is 14.3. The Balaban J connectivity index is 1.89. The Morgan fingerprint density at radius 1 is 1.25 bits per heavy atom. The molecule has 0 fully saturated rings. The Morgan fingerprint density at radius 2 is 1.97 bits per heavy atom. The van der Waals surface area contributed by atoms with E-state index < -0.39 is 21.6 Å². The van der Waals surface area contributed by atoms with Gasteiger partial charge >= 0.3 is 6.09 Å². The van der Waals surface area contributed by atoms with Gasteiger partial charge < -0.3 is 25.2 Å². The van der Waals surface area contributed by atoms with Crippen LogP contribution in [-0.2, 0) is 14.5 Å². The lowest BCUT2D eigenvalue weighted by molar-refractivity contribution is 0.164. The van der Waals surface area contributed by atoms with E-state index in [9.17, 15) is 18.5 Å². The Hall–Kier alpha value is -3.77. The summed E-state index contributed by atoms with van der Waals surface area (Å²) in [6.07, 6.45) is 2.01. The molecular formula is C24H28FN5O5S. The fourth-order valence-corrected chi connectivity index (χ4v) is 4.22. The van der Waals surface area contributed by atoms with Crippen molar-refractivity contribution in [2.45, 2.75) is 24.8 Å². The number of nitrogens with one attached hydrogen (secondary N) is 2. The molecule has 2 aromatic carbocycles. The van der Waals surface area contributed by atoms with Crippen molar-refractivity contribution >= 4 is 33.3 Å². The van der Waals surface area contributed by atoms with Crippen molar-refractivity contribution in [3.8, 4) is 16.9 Å². The number of amides is 1. The van der Waals surface area contributed by atoms with Gasteiger partial charge in [0.15, 0.2) is 11.6 Å². The van der Waals surface area contributed by atoms with Crippen molar-refractivity contribution in [2.24, 2.45) is 4.36 Å². The van der Waals surface area contributed by atoms with E-state index in [-0.39, 0.29) is 31.0 Å². The standard InChI is InChI=1S/C24H28FN5O5S/c1-5-35-24(32)30-36(4,33)18-9-7-17(8-10-18)28-23-26-13-19(22(29-23)27-15(2)14-31)16-6-11-21(34-3)20(25)12-16/h6-13,15,31H,5,14H2,1-4H3,(H2,26,27,28,29)/t15-,36?/m1/s1. The molecule has 0 bridgehead atoms. The number of ether oxygens (including phenoxy) is 2. The van der Waals surface area contributed by atoms with Crippen LogP contribution in [0.4, 0.5) is 26.6 Å². The molecule has 12 heteroatoms. The number of carbonyl (C=O) groups excluding carboxylic acids is 1. The number of aliphatic hydroxyl groups is 1. The third-order valence-electron chi connectivity index (χ3n) is 4.97. The van der Waals surface area contributed by atoms with Crippen molar-refractivity contribution in [1.82, 2.24) is 9.97 Å². The van der Waals surface area contributed by atoms with Gasteiger partial charge in [0, 0.05) is 34.6 Å². The zero-order valence-corrected chi connectivity index (χ0v) is 21.1. The van der Waals surface area contributed by atoms with E-state index >= 15 is 0 Å². The lowest BCUT2D eigenvalue weighted by atomic mass is 10.1. The summed E-state index contributed by atoms with van der Waals surface area (Å²) in [4.78, 5) is 20.8. The smallest absolute Gasteiger partial charge is 0.442 e. The third-order valence-corrected chi connectivity index (χ3v) is 6.62. The number of rotatable bonds is 9. The highest BCUT2D eigenvalue weighted by atomic mass is 32.2. The second-order valence-corrected chi connectivity index (χ2v) is 10.0. The summed E-state index contributed by atoms with van der Waals surface area (Å²) in [5.74, 6) is 0.216. The topological polar surface area (TPSA) is 135 Å². The molecule has 36 heavy (non-hydrogen) atoms. The van der Waals surface area contributed by atoms with E-state index in [1.54, 1.807) is 44.2 Å². The van der Waals surface area contributed by atoms with Gasteiger partial charge in [0.1, 0.15) is 5.82 Å². The maximum Gasteiger partial charge on any atom is 0.442 e. The van der Waals surface area contributed by atoms with Crippen LogP contribution >= 0.6 is 0 Å². The Morgan fingerprint density at radius 3 is 2.58 bits per heavy atom. The molecule has 0 aliphatic heterocycles. The van der Waals surface area contributed by atoms with Crippen LogP contribution in [0.15, 0.2) is 57.9 Å². The first kappa shape index (κ1) is 26.8. The SMILES string of the molecule is CCOC(=O)N=S(C)(=O)c1ccc(Nc2ncc(-c3ccc(OC)c(F)c3)c(N[C@H](C)CO)n2)cc1. The van der Waals surface area contributed by atoms with Crippen LogP contribution in [0.5, 0.6) is 5.75 Å². The molecule has 3 rings (SSSR count). The largest absolute Gasteiger partial charge is 0.494 e. The first-order valence-corrected chi connectivity index (χ1v) is 12.9. The number of nitrogens with zero attached hydrogens (tertiary/aromatic N) is 3. The summed E-state index contributed by atoms with van der Waals surface area (Å²) in [7, 11) is -1.58. The maximum absolute atomic E-state index is 14.3. The number of halogens is 1. The van der Waals surface area contributed by atoms with Crippen LogP contribution in [0, 0.1) is 5.82 Å². The number of hydrogen-bond donors (Lipinski definition) is 3. The normalized spacial score (nSPS) is 13.3. The Kier molecular flexibility index (Phi) is 8.78. The van der Waals surface area contributed by atoms with Crippen LogP contribution < -0.4 is 15.4 Å². The highest BCUT2D eigenvalue weighted by molar-refractivity contribution is 7.93. The second kappa shape index (κ2) is 11.8. The average Bonchev–Trinajstić information content (AvgIpc) is 2.84. The van der Waals surface area contributed by atoms with Gasteiger partial charge in [-0.3, -0.25) is 0 Å². The van der Waals surface area contributed by atoms with Gasteiger partial charge in [-0.15, -0.1) is 4.36 Å². The zero-order valence-electron chi connectivity index (χ0n) is 20.3.